The van der Waals surface area contributed by atoms with Crippen LogP contribution in [0.2, 0.25) is 0 Å². The highest BCUT2D eigenvalue weighted by Crippen LogP contribution is 2.35. The van der Waals surface area contributed by atoms with Crippen molar-refractivity contribution in [3.05, 3.63) is 236 Å². The van der Waals surface area contributed by atoms with Crippen molar-refractivity contribution in [1.82, 2.24) is 23.5 Å². The van der Waals surface area contributed by atoms with E-state index in [1.165, 1.54) is 26.3 Å². The molecule has 11 aromatic rings. The molecule has 5 nitrogen and oxygen atoms in total. The van der Waals surface area contributed by atoms with E-state index in [0.29, 0.717) is 0 Å². The van der Waals surface area contributed by atoms with E-state index in [9.17, 15) is 0 Å². The van der Waals surface area contributed by atoms with Gasteiger partial charge < -0.3 is 0 Å². The summed E-state index contributed by atoms with van der Waals surface area (Å²) in [6.07, 6.45) is 6.71. The van der Waals surface area contributed by atoms with Crippen LogP contribution in [0.3, 0.4) is 0 Å². The van der Waals surface area contributed by atoms with E-state index in [1.807, 2.05) is 6.07 Å². The SMILES string of the molecule is C=C(/C=C\C(=C/C)c1cc(-n2c3ccccc3c3ccccc32)nc(-n2c3ccccc3n3c4ccccc4nc23)c1)[Si](c1ccccc1)(c1ccccc1)c1ccccc1. The first-order chi connectivity index (χ1) is 30.1. The standard InChI is InChI=1S/C55H41N5Si/c1-3-40(36-35-39(2)61(42-21-7-4-8-22-42,43-23-9-5-10-24-43)44-25-11-6-12-26-44)41-37-53(58-48-30-16-13-27-45(48)46-28-14-17-31-49(46)58)57-54(38-41)60-52-34-20-19-33-51(52)59-50-32-18-15-29-47(50)56-55(59)60/h3-38H,2H2,1H3/b36-35-,40-3+. The predicted molar refractivity (Wildman–Crippen MR) is 258 cm³/mol. The molecule has 0 bridgehead atoms. The average Bonchev–Trinajstić information content (AvgIpc) is 3.97. The fourth-order valence-electron chi connectivity index (χ4n) is 9.44. The van der Waals surface area contributed by atoms with Gasteiger partial charge >= 0.3 is 0 Å². The Hall–Kier alpha value is -7.80. The minimum Gasteiger partial charge on any atom is -0.294 e. The van der Waals surface area contributed by atoms with Crippen molar-refractivity contribution >= 4 is 78.9 Å². The van der Waals surface area contributed by atoms with Gasteiger partial charge in [0.25, 0.3) is 0 Å². The third-order valence-electron chi connectivity index (χ3n) is 12.2. The Morgan fingerprint density at radius 2 is 0.934 bits per heavy atom. The molecular formula is C55H41N5Si. The van der Waals surface area contributed by atoms with Gasteiger partial charge in [-0.05, 0) is 82.2 Å². The maximum atomic E-state index is 5.57. The second-order valence-corrected chi connectivity index (χ2v) is 19.3. The van der Waals surface area contributed by atoms with Crippen LogP contribution < -0.4 is 15.6 Å². The fraction of sp³-hybridized carbons (Fsp3) is 0.0182. The zero-order chi connectivity index (χ0) is 40.9. The number of benzene rings is 7. The van der Waals surface area contributed by atoms with Crippen molar-refractivity contribution in [2.24, 2.45) is 0 Å². The van der Waals surface area contributed by atoms with Crippen LogP contribution in [-0.4, -0.2) is 31.6 Å². The van der Waals surface area contributed by atoms with Gasteiger partial charge in [-0.2, -0.15) is 0 Å². The van der Waals surface area contributed by atoms with Gasteiger partial charge in [0.1, 0.15) is 11.6 Å². The molecule has 0 spiro atoms. The molecule has 0 aliphatic carbocycles. The van der Waals surface area contributed by atoms with Gasteiger partial charge in [0.15, 0.2) is 8.07 Å². The number of para-hydroxylation sites is 6. The quantitative estimate of drug-likeness (QED) is 0.0829. The molecule has 61 heavy (non-hydrogen) atoms. The molecule has 0 N–H and O–H groups in total. The predicted octanol–water partition coefficient (Wildman–Crippen LogP) is 11.1. The molecule has 0 atom stereocenters. The van der Waals surface area contributed by atoms with E-state index in [0.717, 1.165) is 66.8 Å². The number of imidazole rings is 2. The van der Waals surface area contributed by atoms with Crippen molar-refractivity contribution in [2.75, 3.05) is 0 Å². The van der Waals surface area contributed by atoms with E-state index in [2.05, 4.69) is 233 Å². The molecule has 0 aliphatic rings. The van der Waals surface area contributed by atoms with Gasteiger partial charge in [0.05, 0.1) is 33.1 Å². The molecule has 0 unspecified atom stereocenters. The summed E-state index contributed by atoms with van der Waals surface area (Å²) in [5.41, 5.74) is 8.40. The highest BCUT2D eigenvalue weighted by molar-refractivity contribution is 7.16. The highest BCUT2D eigenvalue weighted by Gasteiger charge is 2.41. The Morgan fingerprint density at radius 1 is 0.475 bits per heavy atom. The van der Waals surface area contributed by atoms with Crippen LogP contribution in [0.5, 0.6) is 0 Å². The average molecular weight is 800 g/mol. The lowest BCUT2D eigenvalue weighted by molar-refractivity contribution is 0.993. The van der Waals surface area contributed by atoms with Gasteiger partial charge in [-0.3, -0.25) is 13.5 Å². The summed E-state index contributed by atoms with van der Waals surface area (Å²) in [5, 5.41) is 7.34. The molecule has 0 fully saturated rings. The normalized spacial score (nSPS) is 12.4. The first-order valence-corrected chi connectivity index (χ1v) is 22.7. The molecule has 0 aliphatic heterocycles. The molecule has 290 valence electrons. The van der Waals surface area contributed by atoms with Crippen LogP contribution in [0, 0.1) is 0 Å². The lowest BCUT2D eigenvalue weighted by Crippen LogP contribution is -2.68. The smallest absolute Gasteiger partial charge is 0.221 e. The third-order valence-corrected chi connectivity index (χ3v) is 16.9. The number of pyridine rings is 1. The lowest BCUT2D eigenvalue weighted by Gasteiger charge is -2.34. The maximum absolute atomic E-state index is 5.57. The van der Waals surface area contributed by atoms with E-state index in [-0.39, 0.29) is 0 Å². The van der Waals surface area contributed by atoms with Crippen molar-refractivity contribution in [2.45, 2.75) is 6.92 Å². The molecule has 0 saturated carbocycles. The number of allylic oxidation sites excluding steroid dienone is 5. The summed E-state index contributed by atoms with van der Waals surface area (Å²) in [6.45, 7) is 7.06. The van der Waals surface area contributed by atoms with Crippen molar-refractivity contribution in [3.63, 3.8) is 0 Å². The summed E-state index contributed by atoms with van der Waals surface area (Å²) in [4.78, 5) is 10.8. The molecular weight excluding hydrogens is 759 g/mol. The highest BCUT2D eigenvalue weighted by atomic mass is 28.3. The molecule has 4 heterocycles. The Morgan fingerprint density at radius 3 is 1.49 bits per heavy atom. The topological polar surface area (TPSA) is 40.0 Å². The maximum Gasteiger partial charge on any atom is 0.221 e. The first-order valence-electron chi connectivity index (χ1n) is 20.7. The summed E-state index contributed by atoms with van der Waals surface area (Å²) in [7, 11) is -2.80. The van der Waals surface area contributed by atoms with Crippen LogP contribution in [0.15, 0.2) is 230 Å². The van der Waals surface area contributed by atoms with Gasteiger partial charge in [0, 0.05) is 10.8 Å². The Labute approximate surface area is 355 Å². The molecule has 6 heteroatoms. The lowest BCUT2D eigenvalue weighted by atomic mass is 10.1. The number of fused-ring (bicyclic) bond motifs is 8. The summed E-state index contributed by atoms with van der Waals surface area (Å²) in [6, 6.07) is 71.3. The number of hydrogen-bond acceptors (Lipinski definition) is 2. The Balaban J connectivity index is 1.15. The molecule has 0 radical (unpaired) electrons. The second kappa shape index (κ2) is 14.8. The monoisotopic (exact) mass is 799 g/mol. The molecule has 0 saturated heterocycles. The van der Waals surface area contributed by atoms with Crippen molar-refractivity contribution in [3.8, 4) is 11.6 Å². The zero-order valence-electron chi connectivity index (χ0n) is 33.7. The first kappa shape index (κ1) is 36.3. The molecule has 11 rings (SSSR count). The summed E-state index contributed by atoms with van der Waals surface area (Å²) in [5.74, 6) is 2.42. The van der Waals surface area contributed by atoms with Crippen molar-refractivity contribution < 1.29 is 0 Å². The van der Waals surface area contributed by atoms with E-state index in [4.69, 9.17) is 16.5 Å². The molecule has 0 amide bonds. The van der Waals surface area contributed by atoms with Crippen LogP contribution >= 0.6 is 0 Å². The minimum absolute atomic E-state index is 0.782. The van der Waals surface area contributed by atoms with Gasteiger partial charge in [-0.15, -0.1) is 0 Å². The summed E-state index contributed by atoms with van der Waals surface area (Å²) >= 11 is 0. The third kappa shape index (κ3) is 5.75. The van der Waals surface area contributed by atoms with E-state index < -0.39 is 8.07 Å². The summed E-state index contributed by atoms with van der Waals surface area (Å²) < 4.78 is 6.77. The Kier molecular flexibility index (Phi) is 8.80. The largest absolute Gasteiger partial charge is 0.294 e. The zero-order valence-corrected chi connectivity index (χ0v) is 34.7. The second-order valence-electron chi connectivity index (χ2n) is 15.5. The number of nitrogens with zero attached hydrogens (tertiary/aromatic N) is 5. The molecule has 7 aromatic carbocycles. The minimum atomic E-state index is -2.80. The number of rotatable bonds is 9. The molecule has 4 aromatic heterocycles. The Bertz CT molecular complexity index is 3350. The number of hydrogen-bond donors (Lipinski definition) is 0. The van der Waals surface area contributed by atoms with Gasteiger partial charge in [-0.1, -0.05) is 182 Å². The van der Waals surface area contributed by atoms with Crippen LogP contribution in [0.25, 0.3) is 66.9 Å². The van der Waals surface area contributed by atoms with Crippen LogP contribution in [0.1, 0.15) is 12.5 Å². The van der Waals surface area contributed by atoms with Crippen LogP contribution in [0.4, 0.5) is 0 Å². The van der Waals surface area contributed by atoms with E-state index >= 15 is 0 Å². The van der Waals surface area contributed by atoms with Gasteiger partial charge in [0.2, 0.25) is 5.78 Å². The van der Waals surface area contributed by atoms with E-state index in [1.54, 1.807) is 0 Å². The van der Waals surface area contributed by atoms with Crippen LogP contribution in [-0.2, 0) is 0 Å². The number of aromatic nitrogens is 5. The fourth-order valence-corrected chi connectivity index (χ4v) is 14.0. The van der Waals surface area contributed by atoms with Gasteiger partial charge in [-0.25, -0.2) is 9.97 Å². The van der Waals surface area contributed by atoms with Crippen molar-refractivity contribution in [1.29, 1.82) is 0 Å².